The molecule has 28 heavy (non-hydrogen) atoms. The molecule has 6 nitrogen and oxygen atoms in total. The minimum Gasteiger partial charge on any atom is -0.476 e. The molecule has 0 spiro atoms. The quantitative estimate of drug-likeness (QED) is 0.737. The van der Waals surface area contributed by atoms with Gasteiger partial charge in [-0.25, -0.2) is 8.42 Å². The Kier molecular flexibility index (Phi) is 4.75. The molecule has 1 aliphatic rings. The SMILES string of the molecule is O=C(Nc1ccccc1)[C@H]1CN(S(=O)(=O)c2ccccc2)c2ccccc2O1. The third-order valence-electron chi connectivity index (χ3n) is 4.40. The number of carbonyl (C=O) groups excluding carboxylic acids is 1. The van der Waals surface area contributed by atoms with Gasteiger partial charge in [0.2, 0.25) is 0 Å². The van der Waals surface area contributed by atoms with E-state index in [1.54, 1.807) is 66.7 Å². The number of rotatable bonds is 4. The highest BCUT2D eigenvalue weighted by atomic mass is 32.2. The van der Waals surface area contributed by atoms with Gasteiger partial charge in [0.05, 0.1) is 17.1 Å². The van der Waals surface area contributed by atoms with E-state index in [0.717, 1.165) is 0 Å². The fraction of sp³-hybridized carbons (Fsp3) is 0.0952. The van der Waals surface area contributed by atoms with Crippen LogP contribution >= 0.6 is 0 Å². The Balaban J connectivity index is 1.68. The predicted octanol–water partition coefficient (Wildman–Crippen LogP) is 3.28. The monoisotopic (exact) mass is 394 g/mol. The summed E-state index contributed by atoms with van der Waals surface area (Å²) in [6, 6.07) is 23.9. The number of benzene rings is 3. The molecule has 3 aromatic rings. The highest BCUT2D eigenvalue weighted by molar-refractivity contribution is 7.92. The van der Waals surface area contributed by atoms with Crippen molar-refractivity contribution in [2.75, 3.05) is 16.2 Å². The third kappa shape index (κ3) is 3.44. The first-order chi connectivity index (χ1) is 13.6. The van der Waals surface area contributed by atoms with E-state index in [9.17, 15) is 13.2 Å². The Morgan fingerprint density at radius 3 is 2.21 bits per heavy atom. The number of ether oxygens (including phenoxy) is 1. The van der Waals surface area contributed by atoms with Crippen LogP contribution in [-0.4, -0.2) is 27.0 Å². The lowest BCUT2D eigenvalue weighted by molar-refractivity contribution is -0.122. The minimum atomic E-state index is -3.84. The van der Waals surface area contributed by atoms with Gasteiger partial charge in [-0.05, 0) is 36.4 Å². The van der Waals surface area contributed by atoms with Gasteiger partial charge in [0, 0.05) is 5.69 Å². The highest BCUT2D eigenvalue weighted by Crippen LogP contribution is 2.36. The molecule has 4 rings (SSSR count). The van der Waals surface area contributed by atoms with E-state index in [0.29, 0.717) is 17.1 Å². The van der Waals surface area contributed by atoms with Gasteiger partial charge in [0.1, 0.15) is 5.75 Å². The van der Waals surface area contributed by atoms with Gasteiger partial charge in [-0.3, -0.25) is 9.10 Å². The number of sulfonamides is 1. The number of hydrogen-bond donors (Lipinski definition) is 1. The second-order valence-corrected chi connectivity index (χ2v) is 8.14. The molecule has 1 atom stereocenters. The van der Waals surface area contributed by atoms with Crippen LogP contribution in [0.15, 0.2) is 89.8 Å². The van der Waals surface area contributed by atoms with Crippen LogP contribution < -0.4 is 14.4 Å². The molecule has 1 heterocycles. The zero-order valence-corrected chi connectivity index (χ0v) is 15.7. The fourth-order valence-corrected chi connectivity index (χ4v) is 4.53. The van der Waals surface area contributed by atoms with Crippen molar-refractivity contribution in [1.29, 1.82) is 0 Å². The first-order valence-corrected chi connectivity index (χ1v) is 10.2. The number of amides is 1. The summed E-state index contributed by atoms with van der Waals surface area (Å²) in [6.07, 6.45) is -0.978. The molecule has 0 aromatic heterocycles. The van der Waals surface area contributed by atoms with Crippen molar-refractivity contribution in [2.24, 2.45) is 0 Å². The Hall–Kier alpha value is -3.32. The van der Waals surface area contributed by atoms with Crippen LogP contribution in [-0.2, 0) is 14.8 Å². The molecule has 0 fully saturated rings. The van der Waals surface area contributed by atoms with Crippen LogP contribution in [0.3, 0.4) is 0 Å². The Labute approximate surface area is 163 Å². The standard InChI is InChI=1S/C21H18N2O4S/c24-21(22-16-9-3-1-4-10-16)20-15-23(18-13-7-8-14-19(18)27-20)28(25,26)17-11-5-2-6-12-17/h1-14,20H,15H2,(H,22,24)/t20-/m1/s1. The van der Waals surface area contributed by atoms with Gasteiger partial charge >= 0.3 is 0 Å². The summed E-state index contributed by atoms with van der Waals surface area (Å²) in [5.41, 5.74) is 1.03. The number of carbonyl (C=O) groups is 1. The molecule has 1 aliphatic heterocycles. The average molecular weight is 394 g/mol. The zero-order valence-electron chi connectivity index (χ0n) is 14.9. The lowest BCUT2D eigenvalue weighted by atomic mass is 10.2. The molecule has 1 amide bonds. The smallest absolute Gasteiger partial charge is 0.267 e. The van der Waals surface area contributed by atoms with Crippen LogP contribution in [0.1, 0.15) is 0 Å². The fourth-order valence-electron chi connectivity index (χ4n) is 3.03. The van der Waals surface area contributed by atoms with Crippen LogP contribution in [0.5, 0.6) is 5.75 Å². The van der Waals surface area contributed by atoms with Gasteiger partial charge in [-0.15, -0.1) is 0 Å². The van der Waals surface area contributed by atoms with Crippen LogP contribution in [0.25, 0.3) is 0 Å². The molecule has 3 aromatic carbocycles. The molecule has 142 valence electrons. The maximum atomic E-state index is 13.2. The molecule has 0 aliphatic carbocycles. The van der Waals surface area contributed by atoms with E-state index in [2.05, 4.69) is 5.32 Å². The molecule has 0 saturated carbocycles. The summed E-state index contributed by atoms with van der Waals surface area (Å²) in [7, 11) is -3.84. The van der Waals surface area contributed by atoms with Crippen LogP contribution in [0, 0.1) is 0 Å². The van der Waals surface area contributed by atoms with Gasteiger partial charge in [-0.2, -0.15) is 0 Å². The van der Waals surface area contributed by atoms with Crippen LogP contribution in [0.4, 0.5) is 11.4 Å². The molecular formula is C21H18N2O4S. The Morgan fingerprint density at radius 2 is 1.50 bits per heavy atom. The van der Waals surface area contributed by atoms with Crippen molar-refractivity contribution < 1.29 is 17.9 Å². The average Bonchev–Trinajstić information content (AvgIpc) is 2.74. The van der Waals surface area contributed by atoms with E-state index >= 15 is 0 Å². The topological polar surface area (TPSA) is 75.7 Å². The number of nitrogens with zero attached hydrogens (tertiary/aromatic N) is 1. The summed E-state index contributed by atoms with van der Waals surface area (Å²) < 4.78 is 33.5. The van der Waals surface area contributed by atoms with Crippen molar-refractivity contribution in [3.05, 3.63) is 84.9 Å². The van der Waals surface area contributed by atoms with E-state index < -0.39 is 22.0 Å². The van der Waals surface area contributed by atoms with Gasteiger partial charge in [0.25, 0.3) is 15.9 Å². The third-order valence-corrected chi connectivity index (χ3v) is 6.19. The summed E-state index contributed by atoms with van der Waals surface area (Å²) in [5, 5.41) is 2.77. The number of fused-ring (bicyclic) bond motifs is 1. The number of hydrogen-bond acceptors (Lipinski definition) is 4. The second kappa shape index (κ2) is 7.36. The maximum absolute atomic E-state index is 13.2. The molecule has 1 N–H and O–H groups in total. The normalized spacial score (nSPS) is 16.0. The van der Waals surface area contributed by atoms with Crippen molar-refractivity contribution >= 4 is 27.3 Å². The van der Waals surface area contributed by atoms with Gasteiger partial charge in [0.15, 0.2) is 6.10 Å². The minimum absolute atomic E-state index is 0.118. The van der Waals surface area contributed by atoms with Crippen molar-refractivity contribution in [2.45, 2.75) is 11.0 Å². The predicted molar refractivity (Wildman–Crippen MR) is 107 cm³/mol. The number of nitrogens with one attached hydrogen (secondary N) is 1. The summed E-state index contributed by atoms with van der Waals surface area (Å²) in [4.78, 5) is 12.9. The lowest BCUT2D eigenvalue weighted by Crippen LogP contribution is -2.48. The highest BCUT2D eigenvalue weighted by Gasteiger charge is 2.37. The summed E-state index contributed by atoms with van der Waals surface area (Å²) in [6.45, 7) is -0.118. The first kappa shape index (κ1) is 18.1. The number of para-hydroxylation sites is 3. The summed E-state index contributed by atoms with van der Waals surface area (Å²) in [5.74, 6) is -0.0598. The lowest BCUT2D eigenvalue weighted by Gasteiger charge is -2.34. The molecule has 0 radical (unpaired) electrons. The molecular weight excluding hydrogens is 376 g/mol. The van der Waals surface area contributed by atoms with E-state index in [-0.39, 0.29) is 11.4 Å². The molecule has 0 bridgehead atoms. The largest absolute Gasteiger partial charge is 0.476 e. The molecule has 0 unspecified atom stereocenters. The van der Waals surface area contributed by atoms with Gasteiger partial charge < -0.3 is 10.1 Å². The molecule has 0 saturated heterocycles. The van der Waals surface area contributed by atoms with Crippen molar-refractivity contribution in [1.82, 2.24) is 0 Å². The van der Waals surface area contributed by atoms with E-state index in [1.807, 2.05) is 6.07 Å². The van der Waals surface area contributed by atoms with Crippen molar-refractivity contribution in [3.8, 4) is 5.75 Å². The van der Waals surface area contributed by atoms with Gasteiger partial charge in [-0.1, -0.05) is 48.5 Å². The van der Waals surface area contributed by atoms with Crippen LogP contribution in [0.2, 0.25) is 0 Å². The number of anilines is 2. The summed E-state index contributed by atoms with van der Waals surface area (Å²) >= 11 is 0. The van der Waals surface area contributed by atoms with Crippen molar-refractivity contribution in [3.63, 3.8) is 0 Å². The van der Waals surface area contributed by atoms with E-state index in [1.165, 1.54) is 16.4 Å². The Morgan fingerprint density at radius 1 is 0.893 bits per heavy atom. The second-order valence-electron chi connectivity index (χ2n) is 6.28. The molecule has 7 heteroatoms. The Bertz CT molecular complexity index is 1090. The zero-order chi connectivity index (χ0) is 19.6. The first-order valence-electron chi connectivity index (χ1n) is 8.75. The van der Waals surface area contributed by atoms with E-state index in [4.69, 9.17) is 4.74 Å². The maximum Gasteiger partial charge on any atom is 0.267 e.